The van der Waals surface area contributed by atoms with Crippen LogP contribution in [0.3, 0.4) is 0 Å². The second-order valence-corrected chi connectivity index (χ2v) is 6.67. The molecule has 142 valence electrons. The van der Waals surface area contributed by atoms with Gasteiger partial charge in [-0.1, -0.05) is 32.8 Å². The van der Waals surface area contributed by atoms with Crippen molar-refractivity contribution in [3.8, 4) is 6.07 Å². The molecule has 6 heteroatoms. The Balaban J connectivity index is 0.00000338. The smallest absolute Gasteiger partial charge is 0.385 e. The number of allylic oxidation sites excluding steroid dienone is 4. The lowest BCUT2D eigenvalue weighted by atomic mass is 10.0. The normalized spacial score (nSPS) is 23.4. The Labute approximate surface area is 162 Å². The van der Waals surface area contributed by atoms with Crippen molar-refractivity contribution in [3.63, 3.8) is 0 Å². The van der Waals surface area contributed by atoms with Crippen LogP contribution in [0, 0.1) is 11.3 Å². The quantitative estimate of drug-likeness (QED) is 0.535. The van der Waals surface area contributed by atoms with Crippen LogP contribution in [0.2, 0.25) is 0 Å². The standard InChI is InChI=1S/C20H27N3O2.ClH/c1-4-6-7-10-18(5-2)23(13-8-9-17(15-21)20(23)25)22-12-11-16(3)14-19(22)24;/h8-9,11,13-14,18H,4-7,10,12H2,1-3H3;1H. The van der Waals surface area contributed by atoms with Gasteiger partial charge in [-0.3, -0.25) is 0 Å². The number of rotatable bonds is 7. The molecule has 0 bridgehead atoms. The van der Waals surface area contributed by atoms with Crippen LogP contribution in [0.15, 0.2) is 47.5 Å². The summed E-state index contributed by atoms with van der Waals surface area (Å²) in [6, 6.07) is 2.00. The predicted octanol–water partition coefficient (Wildman–Crippen LogP) is 1.25. The van der Waals surface area contributed by atoms with Crippen LogP contribution in [0.1, 0.15) is 52.9 Å². The summed E-state index contributed by atoms with van der Waals surface area (Å²) >= 11 is 0. The van der Waals surface area contributed by atoms with E-state index in [0.717, 1.165) is 37.7 Å². The summed E-state index contributed by atoms with van der Waals surface area (Å²) in [5.74, 6) is -0.188. The average molecular weight is 378 g/mol. The molecule has 2 unspecified atom stereocenters. The third-order valence-electron chi connectivity index (χ3n) is 5.03. The number of halogens is 1. The van der Waals surface area contributed by atoms with Gasteiger partial charge in [0.25, 0.3) is 0 Å². The molecule has 0 aromatic carbocycles. The summed E-state index contributed by atoms with van der Waals surface area (Å²) in [5, 5.41) is 21.7. The monoisotopic (exact) mass is 377 g/mol. The lowest BCUT2D eigenvalue weighted by molar-refractivity contribution is -0.941. The molecule has 0 saturated carbocycles. The fourth-order valence-corrected chi connectivity index (χ4v) is 3.64. The largest absolute Gasteiger partial charge is 1.00 e. The van der Waals surface area contributed by atoms with Gasteiger partial charge in [-0.05, 0) is 37.5 Å². The van der Waals surface area contributed by atoms with Crippen molar-refractivity contribution >= 4 is 5.91 Å². The van der Waals surface area contributed by atoms with Gasteiger partial charge >= 0.3 is 5.91 Å². The molecule has 2 rings (SSSR count). The second kappa shape index (κ2) is 9.61. The average Bonchev–Trinajstić information content (AvgIpc) is 2.60. The van der Waals surface area contributed by atoms with Crippen molar-refractivity contribution in [1.29, 1.82) is 5.26 Å². The summed E-state index contributed by atoms with van der Waals surface area (Å²) in [7, 11) is 0. The highest BCUT2D eigenvalue weighted by Crippen LogP contribution is 2.34. The van der Waals surface area contributed by atoms with E-state index in [1.165, 1.54) is 0 Å². The van der Waals surface area contributed by atoms with Crippen LogP contribution < -0.4 is 12.4 Å². The van der Waals surface area contributed by atoms with Crippen molar-refractivity contribution in [1.82, 2.24) is 5.01 Å². The number of nitrogens with zero attached hydrogens (tertiary/aromatic N) is 3. The van der Waals surface area contributed by atoms with Crippen molar-refractivity contribution in [2.24, 2.45) is 0 Å². The van der Waals surface area contributed by atoms with Crippen LogP contribution in [0.4, 0.5) is 0 Å². The van der Waals surface area contributed by atoms with Gasteiger partial charge in [-0.15, -0.1) is 4.59 Å². The van der Waals surface area contributed by atoms with Crippen LogP contribution in [-0.4, -0.2) is 33.2 Å². The number of hydrogen-bond donors (Lipinski definition) is 1. The topological polar surface area (TPSA) is 64.3 Å². The summed E-state index contributed by atoms with van der Waals surface area (Å²) in [4.78, 5) is 13.3. The van der Waals surface area contributed by atoms with Gasteiger partial charge in [0, 0.05) is 12.5 Å². The number of hydrogen-bond acceptors (Lipinski definition) is 4. The van der Waals surface area contributed by atoms with E-state index in [1.807, 2.05) is 25.3 Å². The Hall–Kier alpha value is -2.03. The van der Waals surface area contributed by atoms with Gasteiger partial charge in [-0.25, -0.2) is 4.79 Å². The molecule has 0 aliphatic carbocycles. The highest BCUT2D eigenvalue weighted by atomic mass is 35.5. The summed E-state index contributed by atoms with van der Waals surface area (Å²) < 4.78 is -0.133. The van der Waals surface area contributed by atoms with E-state index >= 15 is 0 Å². The van der Waals surface area contributed by atoms with Crippen LogP contribution in [0.25, 0.3) is 0 Å². The molecule has 5 nitrogen and oxygen atoms in total. The zero-order valence-corrected chi connectivity index (χ0v) is 16.5. The lowest BCUT2D eigenvalue weighted by Gasteiger charge is -2.46. The Bertz CT molecular complexity index is 688. The first-order chi connectivity index (χ1) is 12.0. The first-order valence-electron chi connectivity index (χ1n) is 9.09. The summed E-state index contributed by atoms with van der Waals surface area (Å²) in [6.07, 6.45) is 13.7. The number of carbonyl (C=O) groups excluding carboxylic acids is 1. The minimum atomic E-state index is -0.263. The molecule has 26 heavy (non-hydrogen) atoms. The van der Waals surface area contributed by atoms with E-state index in [2.05, 4.69) is 13.8 Å². The van der Waals surface area contributed by atoms with Crippen molar-refractivity contribution in [3.05, 3.63) is 47.5 Å². The minimum absolute atomic E-state index is 0. The molecule has 0 aromatic rings. The van der Waals surface area contributed by atoms with Gasteiger partial charge in [0.2, 0.25) is 5.88 Å². The molecular formula is C20H28ClN3O2. The van der Waals surface area contributed by atoms with Gasteiger partial charge in [0.1, 0.15) is 18.3 Å². The molecule has 0 aromatic heterocycles. The van der Waals surface area contributed by atoms with E-state index in [9.17, 15) is 15.2 Å². The van der Waals surface area contributed by atoms with E-state index in [0.29, 0.717) is 6.54 Å². The molecule has 0 fully saturated rings. The number of nitriles is 1. The van der Waals surface area contributed by atoms with Crippen LogP contribution >= 0.6 is 0 Å². The highest BCUT2D eigenvalue weighted by molar-refractivity contribution is 5.93. The van der Waals surface area contributed by atoms with Crippen LogP contribution in [-0.2, 0) is 4.79 Å². The number of amides is 1. The van der Waals surface area contributed by atoms with Gasteiger partial charge in [0.05, 0.1) is 6.54 Å². The molecular weight excluding hydrogens is 350 g/mol. The molecule has 0 saturated heterocycles. The molecule has 2 heterocycles. The number of aliphatic hydroxyl groups excluding tert-OH is 1. The van der Waals surface area contributed by atoms with Gasteiger partial charge < -0.3 is 17.5 Å². The zero-order chi connectivity index (χ0) is 18.4. The molecule has 0 radical (unpaired) electrons. The van der Waals surface area contributed by atoms with E-state index in [-0.39, 0.29) is 40.4 Å². The third kappa shape index (κ3) is 4.03. The molecule has 0 spiro atoms. The SMILES string of the molecule is CCCCCC(CC)[N+]1(N2CC=C(C)C=C2O)C=CC=C(C#N)C1=O.[Cl-]. The Morgan fingerprint density at radius 3 is 2.69 bits per heavy atom. The highest BCUT2D eigenvalue weighted by Gasteiger charge is 2.51. The predicted molar refractivity (Wildman–Crippen MR) is 97.5 cm³/mol. The molecule has 2 atom stereocenters. The third-order valence-corrected chi connectivity index (χ3v) is 5.03. The zero-order valence-electron chi connectivity index (χ0n) is 15.8. The van der Waals surface area contributed by atoms with Gasteiger partial charge in [0.15, 0.2) is 5.57 Å². The molecule has 1 amide bonds. The Morgan fingerprint density at radius 1 is 1.38 bits per heavy atom. The number of carbonyl (C=O) groups is 1. The Morgan fingerprint density at radius 2 is 2.12 bits per heavy atom. The van der Waals surface area contributed by atoms with E-state index < -0.39 is 0 Å². The maximum Gasteiger partial charge on any atom is 0.385 e. The Kier molecular flexibility index (Phi) is 8.13. The van der Waals surface area contributed by atoms with E-state index in [4.69, 9.17) is 0 Å². The van der Waals surface area contributed by atoms with Crippen molar-refractivity contribution < 1.29 is 26.9 Å². The van der Waals surface area contributed by atoms with Crippen LogP contribution in [0.5, 0.6) is 0 Å². The number of quaternary nitrogens is 1. The fraction of sp³-hybridized carbons (Fsp3) is 0.500. The first-order valence-corrected chi connectivity index (χ1v) is 9.09. The first kappa shape index (κ1) is 22.0. The lowest BCUT2D eigenvalue weighted by Crippen LogP contribution is -3.00. The molecule has 2 aliphatic heterocycles. The fourth-order valence-electron chi connectivity index (χ4n) is 3.64. The summed E-state index contributed by atoms with van der Waals surface area (Å²) in [6.45, 7) is 6.58. The maximum absolute atomic E-state index is 13.3. The second-order valence-electron chi connectivity index (χ2n) is 6.67. The van der Waals surface area contributed by atoms with Crippen molar-refractivity contribution in [2.75, 3.05) is 6.54 Å². The number of aliphatic hydroxyl groups is 1. The van der Waals surface area contributed by atoms with Gasteiger partial charge in [-0.2, -0.15) is 10.3 Å². The number of unbranched alkanes of at least 4 members (excludes halogenated alkanes) is 2. The minimum Gasteiger partial charge on any atom is -1.00 e. The molecule has 1 N–H and O–H groups in total. The maximum atomic E-state index is 13.3. The summed E-state index contributed by atoms with van der Waals surface area (Å²) in [5.41, 5.74) is 1.10. The van der Waals surface area contributed by atoms with Crippen molar-refractivity contribution in [2.45, 2.75) is 58.9 Å². The molecule has 2 aliphatic rings. The van der Waals surface area contributed by atoms with E-state index in [1.54, 1.807) is 23.2 Å².